The Labute approximate surface area is 179 Å². The predicted octanol–water partition coefficient (Wildman–Crippen LogP) is 4.95. The molecule has 1 saturated heterocycles. The maximum atomic E-state index is 13.4. The van der Waals surface area contributed by atoms with E-state index in [2.05, 4.69) is 20.6 Å². The normalized spacial score (nSPS) is 15.1. The van der Waals surface area contributed by atoms with Crippen molar-refractivity contribution in [3.63, 3.8) is 0 Å². The molecule has 1 aliphatic rings. The summed E-state index contributed by atoms with van der Waals surface area (Å²) in [6, 6.07) is 12.8. The lowest BCUT2D eigenvalue weighted by Crippen LogP contribution is -2.35. The largest absolute Gasteiger partial charge is 0.324 e. The number of aryl methyl sites for hydroxylation is 1. The van der Waals surface area contributed by atoms with Crippen molar-refractivity contribution in [2.45, 2.75) is 32.4 Å². The minimum atomic E-state index is -0.555. The molecule has 8 heteroatoms. The topological polar surface area (TPSA) is 62.2 Å². The molecule has 2 aromatic carbocycles. The van der Waals surface area contributed by atoms with Crippen LogP contribution in [0.5, 0.6) is 0 Å². The number of urea groups is 1. The fourth-order valence-electron chi connectivity index (χ4n) is 3.97. The van der Waals surface area contributed by atoms with Gasteiger partial charge >= 0.3 is 6.03 Å². The van der Waals surface area contributed by atoms with Gasteiger partial charge in [0.05, 0.1) is 12.2 Å². The molecule has 31 heavy (non-hydrogen) atoms. The molecule has 0 aliphatic carbocycles. The number of carbonyl (C=O) groups excluding carboxylic acids is 1. The highest BCUT2D eigenvalue weighted by Gasteiger charge is 2.23. The van der Waals surface area contributed by atoms with Gasteiger partial charge in [-0.15, -0.1) is 0 Å². The lowest BCUT2D eigenvalue weighted by Gasteiger charge is -2.32. The molecule has 1 fully saturated rings. The standard InChI is InChI=1S/C23H25F2N5O/c1-16-4-2-3-5-21(16)27-23(31)28-22-6-9-26-30(22)20-7-10-29(11-8-20)15-17-12-18(24)14-19(25)13-17/h2-6,9,12-14,20H,7-8,10-11,15H2,1H3,(H2,27,28,31). The minimum Gasteiger partial charge on any atom is -0.307 e. The van der Waals surface area contributed by atoms with Crippen LogP contribution in [0.2, 0.25) is 0 Å². The molecule has 0 unspecified atom stereocenters. The minimum absolute atomic E-state index is 0.143. The number of halogens is 2. The van der Waals surface area contributed by atoms with E-state index in [9.17, 15) is 13.6 Å². The third-order valence-corrected chi connectivity index (χ3v) is 5.54. The molecule has 2 amide bonds. The number of para-hydroxylation sites is 1. The average Bonchev–Trinajstić information content (AvgIpc) is 3.17. The summed E-state index contributed by atoms with van der Waals surface area (Å²) in [6.45, 7) is 3.99. The second-order valence-electron chi connectivity index (χ2n) is 7.84. The molecule has 0 spiro atoms. The molecule has 0 bridgehead atoms. The SMILES string of the molecule is Cc1ccccc1NC(=O)Nc1ccnn1C1CCN(Cc2cc(F)cc(F)c2)CC1. The molecule has 1 aromatic heterocycles. The highest BCUT2D eigenvalue weighted by molar-refractivity contribution is 5.99. The van der Waals surface area contributed by atoms with Gasteiger partial charge in [-0.2, -0.15) is 5.10 Å². The Morgan fingerprint density at radius 3 is 2.48 bits per heavy atom. The van der Waals surface area contributed by atoms with Crippen molar-refractivity contribution < 1.29 is 13.6 Å². The molecule has 162 valence electrons. The van der Waals surface area contributed by atoms with Crippen molar-refractivity contribution >= 4 is 17.5 Å². The first-order chi connectivity index (χ1) is 15.0. The first kappa shape index (κ1) is 21.0. The molecule has 2 heterocycles. The number of carbonyl (C=O) groups is 1. The Bertz CT molecular complexity index is 1040. The van der Waals surface area contributed by atoms with Crippen molar-refractivity contribution in [3.8, 4) is 0 Å². The number of rotatable bonds is 5. The van der Waals surface area contributed by atoms with Crippen molar-refractivity contribution in [3.05, 3.63) is 77.5 Å². The van der Waals surface area contributed by atoms with Gasteiger partial charge < -0.3 is 5.32 Å². The maximum absolute atomic E-state index is 13.4. The third-order valence-electron chi connectivity index (χ3n) is 5.54. The van der Waals surface area contributed by atoms with E-state index in [1.165, 1.54) is 12.1 Å². The summed E-state index contributed by atoms with van der Waals surface area (Å²) in [5.41, 5.74) is 2.37. The number of hydrogen-bond acceptors (Lipinski definition) is 3. The Kier molecular flexibility index (Phi) is 6.27. The first-order valence-corrected chi connectivity index (χ1v) is 10.3. The molecule has 0 saturated carbocycles. The van der Waals surface area contributed by atoms with Crippen LogP contribution in [0.1, 0.15) is 30.0 Å². The first-order valence-electron chi connectivity index (χ1n) is 10.3. The maximum Gasteiger partial charge on any atom is 0.324 e. The fraction of sp³-hybridized carbons (Fsp3) is 0.304. The number of nitrogens with zero attached hydrogens (tertiary/aromatic N) is 3. The van der Waals surface area contributed by atoms with Crippen molar-refractivity contribution in [1.82, 2.24) is 14.7 Å². The summed E-state index contributed by atoms with van der Waals surface area (Å²) in [5, 5.41) is 10.1. The summed E-state index contributed by atoms with van der Waals surface area (Å²) in [6.07, 6.45) is 3.33. The van der Waals surface area contributed by atoms with E-state index < -0.39 is 11.6 Å². The van der Waals surface area contributed by atoms with Gasteiger partial charge in [-0.25, -0.2) is 18.3 Å². The Balaban J connectivity index is 1.34. The third kappa shape index (κ3) is 5.27. The number of nitrogens with one attached hydrogen (secondary N) is 2. The Hall–Kier alpha value is -3.26. The van der Waals surface area contributed by atoms with E-state index in [-0.39, 0.29) is 12.1 Å². The van der Waals surface area contributed by atoms with Crippen LogP contribution in [-0.4, -0.2) is 33.8 Å². The number of benzene rings is 2. The van der Waals surface area contributed by atoms with Gasteiger partial charge in [0.25, 0.3) is 0 Å². The van der Waals surface area contributed by atoms with Crippen LogP contribution in [0.25, 0.3) is 0 Å². The summed E-state index contributed by atoms with van der Waals surface area (Å²) in [4.78, 5) is 14.6. The molecular weight excluding hydrogens is 400 g/mol. The van der Waals surface area contributed by atoms with Crippen LogP contribution in [-0.2, 0) is 6.54 Å². The number of aromatic nitrogens is 2. The van der Waals surface area contributed by atoms with Crippen molar-refractivity contribution in [2.75, 3.05) is 23.7 Å². The van der Waals surface area contributed by atoms with Gasteiger partial charge in [0.15, 0.2) is 0 Å². The summed E-state index contributed by atoms with van der Waals surface area (Å²) in [7, 11) is 0. The zero-order valence-electron chi connectivity index (χ0n) is 17.3. The lowest BCUT2D eigenvalue weighted by molar-refractivity contribution is 0.174. The predicted molar refractivity (Wildman–Crippen MR) is 116 cm³/mol. The Morgan fingerprint density at radius 2 is 1.77 bits per heavy atom. The molecule has 0 radical (unpaired) electrons. The van der Waals surface area contributed by atoms with Crippen LogP contribution in [0, 0.1) is 18.6 Å². The number of amides is 2. The number of likely N-dealkylation sites (tertiary alicyclic amines) is 1. The van der Waals surface area contributed by atoms with Gasteiger partial charge in [0.2, 0.25) is 0 Å². The zero-order chi connectivity index (χ0) is 21.8. The van der Waals surface area contributed by atoms with Gasteiger partial charge in [-0.1, -0.05) is 18.2 Å². The summed E-state index contributed by atoms with van der Waals surface area (Å²) < 4.78 is 28.7. The van der Waals surface area contributed by atoms with Crippen LogP contribution >= 0.6 is 0 Å². The van der Waals surface area contributed by atoms with Gasteiger partial charge in [-0.3, -0.25) is 10.2 Å². The quantitative estimate of drug-likeness (QED) is 0.608. The molecule has 1 aliphatic heterocycles. The monoisotopic (exact) mass is 425 g/mol. The van der Waals surface area contributed by atoms with Crippen molar-refractivity contribution in [1.29, 1.82) is 0 Å². The molecule has 2 N–H and O–H groups in total. The van der Waals surface area contributed by atoms with E-state index in [1.54, 1.807) is 12.3 Å². The van der Waals surface area contributed by atoms with E-state index >= 15 is 0 Å². The second kappa shape index (κ2) is 9.26. The average molecular weight is 425 g/mol. The van der Waals surface area contributed by atoms with Crippen LogP contribution < -0.4 is 10.6 Å². The molecule has 0 atom stereocenters. The number of hydrogen-bond donors (Lipinski definition) is 2. The van der Waals surface area contributed by atoms with E-state index in [4.69, 9.17) is 0 Å². The molecular formula is C23H25F2N5O. The molecule has 6 nitrogen and oxygen atoms in total. The Morgan fingerprint density at radius 1 is 1.06 bits per heavy atom. The van der Waals surface area contributed by atoms with Crippen molar-refractivity contribution in [2.24, 2.45) is 0 Å². The number of piperidine rings is 1. The van der Waals surface area contributed by atoms with Crippen LogP contribution in [0.3, 0.4) is 0 Å². The van der Waals surface area contributed by atoms with E-state index in [1.807, 2.05) is 35.9 Å². The van der Waals surface area contributed by atoms with Crippen LogP contribution in [0.4, 0.5) is 25.1 Å². The van der Waals surface area contributed by atoms with Crippen LogP contribution in [0.15, 0.2) is 54.7 Å². The van der Waals surface area contributed by atoms with E-state index in [0.29, 0.717) is 17.9 Å². The second-order valence-corrected chi connectivity index (χ2v) is 7.84. The fourth-order valence-corrected chi connectivity index (χ4v) is 3.97. The smallest absolute Gasteiger partial charge is 0.307 e. The summed E-state index contributed by atoms with van der Waals surface area (Å²) in [5.74, 6) is -0.473. The highest BCUT2D eigenvalue weighted by atomic mass is 19.1. The molecule has 4 rings (SSSR count). The van der Waals surface area contributed by atoms with Gasteiger partial charge in [0, 0.05) is 37.5 Å². The van der Waals surface area contributed by atoms with Gasteiger partial charge in [-0.05, 0) is 49.1 Å². The highest BCUT2D eigenvalue weighted by Crippen LogP contribution is 2.26. The zero-order valence-corrected chi connectivity index (χ0v) is 17.3. The molecule has 3 aromatic rings. The number of anilines is 2. The van der Waals surface area contributed by atoms with E-state index in [0.717, 1.165) is 43.2 Å². The lowest BCUT2D eigenvalue weighted by atomic mass is 10.0. The summed E-state index contributed by atoms with van der Waals surface area (Å²) >= 11 is 0. The van der Waals surface area contributed by atoms with Gasteiger partial charge in [0.1, 0.15) is 17.5 Å².